The number of guanidine groups is 1. The molecular formula is C7H10Cl2N4. The summed E-state index contributed by atoms with van der Waals surface area (Å²) < 4.78 is 0. The van der Waals surface area contributed by atoms with E-state index in [2.05, 4.69) is 20.3 Å². The number of aliphatic imine (C=N–C) groups is 3. The molecule has 0 aromatic rings. The van der Waals surface area contributed by atoms with Crippen molar-refractivity contribution in [2.45, 2.75) is 18.8 Å². The van der Waals surface area contributed by atoms with Crippen molar-refractivity contribution in [3.8, 4) is 0 Å². The van der Waals surface area contributed by atoms with Crippen molar-refractivity contribution in [3.63, 3.8) is 0 Å². The lowest BCUT2D eigenvalue weighted by atomic mass is 10.5. The lowest BCUT2D eigenvalue weighted by Gasteiger charge is -1.99. The van der Waals surface area contributed by atoms with Gasteiger partial charge in [0.25, 0.3) is 0 Å². The molecular weight excluding hydrogens is 211 g/mol. The van der Waals surface area contributed by atoms with Crippen LogP contribution in [0.15, 0.2) is 15.0 Å². The standard InChI is InChI=1S/C7H10Cl2N4/c1-2-3-10-7-11-4-5(8)12-6(9)13-7/h4-5H,2-3H2,1H3,(H,10,12,13). The van der Waals surface area contributed by atoms with Crippen molar-refractivity contribution in [2.24, 2.45) is 15.0 Å². The largest absolute Gasteiger partial charge is 0.299 e. The zero-order valence-electron chi connectivity index (χ0n) is 7.17. The van der Waals surface area contributed by atoms with Gasteiger partial charge in [0.15, 0.2) is 10.8 Å². The molecule has 0 saturated carbocycles. The van der Waals surface area contributed by atoms with Gasteiger partial charge in [-0.2, -0.15) is 0 Å². The first-order valence-corrected chi connectivity index (χ1v) is 4.77. The SMILES string of the molecule is CCCN=C1N=CC(Cl)N=C(Cl)N1. The van der Waals surface area contributed by atoms with Crippen LogP contribution in [0.1, 0.15) is 13.3 Å². The smallest absolute Gasteiger partial charge is 0.224 e. The van der Waals surface area contributed by atoms with Crippen LogP contribution in [0.3, 0.4) is 0 Å². The van der Waals surface area contributed by atoms with Gasteiger partial charge < -0.3 is 0 Å². The van der Waals surface area contributed by atoms with Gasteiger partial charge in [-0.15, -0.1) is 0 Å². The average Bonchev–Trinajstić information content (AvgIpc) is 2.23. The molecule has 0 spiro atoms. The summed E-state index contributed by atoms with van der Waals surface area (Å²) in [6.07, 6.45) is 2.44. The van der Waals surface area contributed by atoms with Gasteiger partial charge in [0.2, 0.25) is 5.96 Å². The van der Waals surface area contributed by atoms with Crippen LogP contribution >= 0.6 is 23.2 Å². The molecule has 13 heavy (non-hydrogen) atoms. The lowest BCUT2D eigenvalue weighted by Crippen LogP contribution is -2.24. The normalized spacial score (nSPS) is 25.3. The minimum atomic E-state index is -0.519. The lowest BCUT2D eigenvalue weighted by molar-refractivity contribution is 0.923. The van der Waals surface area contributed by atoms with Crippen LogP contribution in [0.2, 0.25) is 0 Å². The highest BCUT2D eigenvalue weighted by Gasteiger charge is 2.07. The highest BCUT2D eigenvalue weighted by Crippen LogP contribution is 2.00. The summed E-state index contributed by atoms with van der Waals surface area (Å²) in [5.74, 6) is 0.457. The summed E-state index contributed by atoms with van der Waals surface area (Å²) in [6, 6.07) is 0. The van der Waals surface area contributed by atoms with Gasteiger partial charge >= 0.3 is 0 Å². The molecule has 0 fully saturated rings. The predicted molar refractivity (Wildman–Crippen MR) is 57.1 cm³/mol. The van der Waals surface area contributed by atoms with Crippen LogP contribution in [0.25, 0.3) is 0 Å². The number of hydrogen-bond donors (Lipinski definition) is 1. The molecule has 0 amide bonds. The Morgan fingerprint density at radius 3 is 3.15 bits per heavy atom. The van der Waals surface area contributed by atoms with E-state index < -0.39 is 5.50 Å². The maximum absolute atomic E-state index is 5.70. The van der Waals surface area contributed by atoms with Gasteiger partial charge in [-0.3, -0.25) is 10.3 Å². The van der Waals surface area contributed by atoms with Crippen molar-refractivity contribution in [1.29, 1.82) is 0 Å². The van der Waals surface area contributed by atoms with Gasteiger partial charge in [-0.1, -0.05) is 18.5 Å². The van der Waals surface area contributed by atoms with Crippen molar-refractivity contribution < 1.29 is 0 Å². The third kappa shape index (κ3) is 3.74. The van der Waals surface area contributed by atoms with E-state index in [-0.39, 0.29) is 5.29 Å². The summed E-state index contributed by atoms with van der Waals surface area (Å²) in [6.45, 7) is 2.74. The Labute approximate surface area is 86.8 Å². The molecule has 0 saturated heterocycles. The molecule has 0 bridgehead atoms. The number of nitrogens with zero attached hydrogens (tertiary/aromatic N) is 3. The van der Waals surface area contributed by atoms with Gasteiger partial charge in [0.1, 0.15) is 0 Å². The number of alkyl halides is 1. The molecule has 1 aliphatic rings. The first kappa shape index (κ1) is 10.5. The summed E-state index contributed by atoms with van der Waals surface area (Å²) in [5, 5.41) is 2.94. The number of rotatable bonds is 2. The van der Waals surface area contributed by atoms with Gasteiger partial charge in [0, 0.05) is 12.8 Å². The van der Waals surface area contributed by atoms with E-state index >= 15 is 0 Å². The number of halogens is 2. The van der Waals surface area contributed by atoms with Crippen molar-refractivity contribution in [2.75, 3.05) is 6.54 Å². The second-order valence-corrected chi connectivity index (χ2v) is 3.21. The summed E-state index contributed by atoms with van der Waals surface area (Å²) in [5.41, 5.74) is -0.519. The number of amidine groups is 1. The Kier molecular flexibility index (Phi) is 4.18. The Morgan fingerprint density at radius 1 is 1.69 bits per heavy atom. The van der Waals surface area contributed by atoms with Crippen molar-refractivity contribution >= 4 is 40.7 Å². The topological polar surface area (TPSA) is 49.1 Å². The van der Waals surface area contributed by atoms with Crippen LogP contribution in [0.5, 0.6) is 0 Å². The minimum Gasteiger partial charge on any atom is -0.299 e. The molecule has 1 aliphatic heterocycles. The van der Waals surface area contributed by atoms with E-state index in [4.69, 9.17) is 23.2 Å². The first-order chi connectivity index (χ1) is 6.22. The molecule has 1 unspecified atom stereocenters. The monoisotopic (exact) mass is 220 g/mol. The third-order valence-corrected chi connectivity index (χ3v) is 1.66. The molecule has 1 rings (SSSR count). The summed E-state index contributed by atoms with van der Waals surface area (Å²) in [7, 11) is 0. The fourth-order valence-corrected chi connectivity index (χ4v) is 1.12. The molecule has 0 aromatic heterocycles. The van der Waals surface area contributed by atoms with E-state index in [0.717, 1.165) is 6.42 Å². The molecule has 0 radical (unpaired) electrons. The molecule has 0 aromatic carbocycles. The Bertz CT molecular complexity index is 259. The van der Waals surface area contributed by atoms with E-state index in [0.29, 0.717) is 12.5 Å². The van der Waals surface area contributed by atoms with Crippen molar-refractivity contribution in [3.05, 3.63) is 0 Å². The third-order valence-electron chi connectivity index (χ3n) is 1.26. The zero-order chi connectivity index (χ0) is 9.68. The second kappa shape index (κ2) is 5.19. The average molecular weight is 221 g/mol. The summed E-state index contributed by atoms with van der Waals surface area (Å²) >= 11 is 11.4. The fraction of sp³-hybridized carbons (Fsp3) is 0.571. The van der Waals surface area contributed by atoms with Crippen LogP contribution in [-0.4, -0.2) is 29.5 Å². The zero-order valence-corrected chi connectivity index (χ0v) is 8.68. The van der Waals surface area contributed by atoms with Gasteiger partial charge in [-0.05, 0) is 18.0 Å². The van der Waals surface area contributed by atoms with E-state index in [9.17, 15) is 0 Å². The van der Waals surface area contributed by atoms with E-state index in [1.54, 1.807) is 0 Å². The molecule has 0 aliphatic carbocycles. The Hall–Kier alpha value is -0.610. The first-order valence-electron chi connectivity index (χ1n) is 3.95. The minimum absolute atomic E-state index is 0.215. The predicted octanol–water partition coefficient (Wildman–Crippen LogP) is 1.59. The maximum atomic E-state index is 5.70. The van der Waals surface area contributed by atoms with E-state index in [1.807, 2.05) is 6.92 Å². The Morgan fingerprint density at radius 2 is 2.46 bits per heavy atom. The summed E-state index contributed by atoms with van der Waals surface area (Å²) in [4.78, 5) is 11.9. The highest BCUT2D eigenvalue weighted by atomic mass is 35.5. The molecule has 1 heterocycles. The molecule has 1 N–H and O–H groups in total. The quantitative estimate of drug-likeness (QED) is 0.558. The fourth-order valence-electron chi connectivity index (χ4n) is 0.729. The maximum Gasteiger partial charge on any atom is 0.224 e. The molecule has 1 atom stereocenters. The van der Waals surface area contributed by atoms with Gasteiger partial charge in [-0.25, -0.2) is 9.98 Å². The van der Waals surface area contributed by atoms with E-state index in [1.165, 1.54) is 6.21 Å². The number of nitrogens with one attached hydrogen (secondary N) is 1. The van der Waals surface area contributed by atoms with Crippen LogP contribution < -0.4 is 5.32 Å². The number of hydrogen-bond acceptors (Lipinski definition) is 2. The van der Waals surface area contributed by atoms with Crippen LogP contribution in [-0.2, 0) is 0 Å². The van der Waals surface area contributed by atoms with Crippen LogP contribution in [0, 0.1) is 0 Å². The van der Waals surface area contributed by atoms with Gasteiger partial charge in [0.05, 0.1) is 0 Å². The molecule has 4 nitrogen and oxygen atoms in total. The molecule has 72 valence electrons. The van der Waals surface area contributed by atoms with Crippen LogP contribution in [0.4, 0.5) is 0 Å². The molecule has 6 heteroatoms. The second-order valence-electron chi connectivity index (χ2n) is 2.40. The Balaban J connectivity index is 2.69. The highest BCUT2D eigenvalue weighted by molar-refractivity contribution is 6.66. The van der Waals surface area contributed by atoms with Crippen molar-refractivity contribution in [1.82, 2.24) is 5.32 Å².